The van der Waals surface area contributed by atoms with E-state index in [2.05, 4.69) is 14.9 Å². The molecule has 0 amide bonds. The summed E-state index contributed by atoms with van der Waals surface area (Å²) < 4.78 is 9.52. The first kappa shape index (κ1) is 11.0. The van der Waals surface area contributed by atoms with Crippen molar-refractivity contribution in [3.05, 3.63) is 10.6 Å². The lowest BCUT2D eigenvalue weighted by molar-refractivity contribution is 0.0406. The Morgan fingerprint density at radius 2 is 2.47 bits per heavy atom. The van der Waals surface area contributed by atoms with Crippen molar-refractivity contribution in [2.24, 2.45) is 5.92 Å². The zero-order chi connectivity index (χ0) is 10.7. The Balaban J connectivity index is 2.12. The molecule has 0 aromatic carbocycles. The fraction of sp³-hybridized carbons (Fsp3) is 0.800. The molecule has 0 bridgehead atoms. The van der Waals surface area contributed by atoms with Crippen LogP contribution in [-0.4, -0.2) is 29.8 Å². The van der Waals surface area contributed by atoms with Gasteiger partial charge >= 0.3 is 0 Å². The van der Waals surface area contributed by atoms with Crippen LogP contribution in [0.3, 0.4) is 0 Å². The predicted octanol–water partition coefficient (Wildman–Crippen LogP) is 1.53. The maximum Gasteiger partial charge on any atom is 0.0772 e. The maximum absolute atomic E-state index is 5.53. The first-order chi connectivity index (χ1) is 7.33. The van der Waals surface area contributed by atoms with Crippen LogP contribution < -0.4 is 5.32 Å². The summed E-state index contributed by atoms with van der Waals surface area (Å²) in [6.45, 7) is 3.78. The van der Waals surface area contributed by atoms with Crippen molar-refractivity contribution in [3.8, 4) is 0 Å². The molecule has 1 saturated heterocycles. The third kappa shape index (κ3) is 2.35. The van der Waals surface area contributed by atoms with Crippen molar-refractivity contribution in [2.45, 2.75) is 25.8 Å². The van der Waals surface area contributed by atoms with E-state index in [0.29, 0.717) is 12.0 Å². The van der Waals surface area contributed by atoms with E-state index in [1.54, 1.807) is 0 Å². The summed E-state index contributed by atoms with van der Waals surface area (Å²) in [6, 6.07) is 0.352. The van der Waals surface area contributed by atoms with E-state index in [0.717, 1.165) is 25.3 Å². The van der Waals surface area contributed by atoms with Crippen LogP contribution in [0.1, 0.15) is 29.5 Å². The second kappa shape index (κ2) is 5.01. The van der Waals surface area contributed by atoms with E-state index >= 15 is 0 Å². The van der Waals surface area contributed by atoms with Crippen LogP contribution in [0.4, 0.5) is 0 Å². The second-order valence-electron chi connectivity index (χ2n) is 3.97. The summed E-state index contributed by atoms with van der Waals surface area (Å²) in [5.74, 6) is 0.560. The SMILES string of the molecule is CNC(c1snnc1C)C1CCCOC1. The van der Waals surface area contributed by atoms with Crippen molar-refractivity contribution in [3.63, 3.8) is 0 Å². The molecule has 2 rings (SSSR count). The Morgan fingerprint density at radius 3 is 3.00 bits per heavy atom. The van der Waals surface area contributed by atoms with Crippen LogP contribution in [0, 0.1) is 12.8 Å². The van der Waals surface area contributed by atoms with Gasteiger partial charge < -0.3 is 10.1 Å². The van der Waals surface area contributed by atoms with Gasteiger partial charge in [0.15, 0.2) is 0 Å². The molecule has 0 aliphatic carbocycles. The minimum absolute atomic E-state index is 0.352. The van der Waals surface area contributed by atoms with Crippen LogP contribution >= 0.6 is 11.5 Å². The van der Waals surface area contributed by atoms with Gasteiger partial charge in [0.2, 0.25) is 0 Å². The molecule has 1 aromatic heterocycles. The van der Waals surface area contributed by atoms with Gasteiger partial charge in [-0.05, 0) is 38.3 Å². The third-order valence-electron chi connectivity index (χ3n) is 2.95. The van der Waals surface area contributed by atoms with Gasteiger partial charge in [0.05, 0.1) is 17.2 Å². The Hall–Kier alpha value is -0.520. The Morgan fingerprint density at radius 1 is 1.60 bits per heavy atom. The van der Waals surface area contributed by atoms with E-state index in [1.165, 1.54) is 22.8 Å². The highest BCUT2D eigenvalue weighted by molar-refractivity contribution is 7.05. The number of aromatic nitrogens is 2. The third-order valence-corrected chi connectivity index (χ3v) is 3.86. The molecule has 5 heteroatoms. The fourth-order valence-corrected chi connectivity index (χ4v) is 2.98. The van der Waals surface area contributed by atoms with Crippen molar-refractivity contribution < 1.29 is 4.74 Å². The molecule has 0 radical (unpaired) electrons. The summed E-state index contributed by atoms with van der Waals surface area (Å²) in [4.78, 5) is 1.26. The second-order valence-corrected chi connectivity index (χ2v) is 4.75. The monoisotopic (exact) mass is 227 g/mol. The van der Waals surface area contributed by atoms with Crippen LogP contribution in [-0.2, 0) is 4.74 Å². The topological polar surface area (TPSA) is 47.0 Å². The fourth-order valence-electron chi connectivity index (χ4n) is 2.13. The zero-order valence-electron chi connectivity index (χ0n) is 9.19. The minimum Gasteiger partial charge on any atom is -0.381 e. The zero-order valence-corrected chi connectivity index (χ0v) is 10.0. The van der Waals surface area contributed by atoms with Gasteiger partial charge in [0.25, 0.3) is 0 Å². The van der Waals surface area contributed by atoms with E-state index in [1.807, 2.05) is 14.0 Å². The molecule has 0 spiro atoms. The number of nitrogens with zero attached hydrogens (tertiary/aromatic N) is 2. The van der Waals surface area contributed by atoms with Crippen molar-refractivity contribution in [2.75, 3.05) is 20.3 Å². The lowest BCUT2D eigenvalue weighted by Crippen LogP contribution is -2.31. The van der Waals surface area contributed by atoms with Crippen molar-refractivity contribution >= 4 is 11.5 Å². The molecule has 0 saturated carbocycles. The standard InChI is InChI=1S/C10H17N3OS/c1-7-10(15-13-12-7)9(11-2)8-4-3-5-14-6-8/h8-9,11H,3-6H2,1-2H3. The first-order valence-electron chi connectivity index (χ1n) is 5.36. The number of aryl methyl sites for hydroxylation is 1. The number of rotatable bonds is 3. The molecule has 1 aliphatic heterocycles. The quantitative estimate of drug-likeness (QED) is 0.850. The Bertz CT molecular complexity index is 309. The van der Waals surface area contributed by atoms with Gasteiger partial charge in [-0.1, -0.05) is 4.49 Å². The molecule has 1 aromatic rings. The normalized spacial score (nSPS) is 24.0. The molecular formula is C10H17N3OS. The number of hydrogen-bond acceptors (Lipinski definition) is 5. The Kier molecular flexibility index (Phi) is 3.66. The van der Waals surface area contributed by atoms with Crippen LogP contribution in [0.25, 0.3) is 0 Å². The first-order valence-corrected chi connectivity index (χ1v) is 6.14. The Labute approximate surface area is 94.2 Å². The smallest absolute Gasteiger partial charge is 0.0772 e. The summed E-state index contributed by atoms with van der Waals surface area (Å²) in [6.07, 6.45) is 2.39. The molecule has 4 nitrogen and oxygen atoms in total. The minimum atomic E-state index is 0.352. The average molecular weight is 227 g/mol. The summed E-state index contributed by atoms with van der Waals surface area (Å²) in [5.41, 5.74) is 1.05. The van der Waals surface area contributed by atoms with E-state index in [4.69, 9.17) is 4.74 Å². The van der Waals surface area contributed by atoms with Crippen LogP contribution in [0.15, 0.2) is 0 Å². The van der Waals surface area contributed by atoms with Crippen molar-refractivity contribution in [1.29, 1.82) is 0 Å². The average Bonchev–Trinajstić information content (AvgIpc) is 2.68. The highest BCUT2D eigenvalue weighted by Crippen LogP contribution is 2.31. The summed E-state index contributed by atoms with van der Waals surface area (Å²) in [5, 5.41) is 7.43. The van der Waals surface area contributed by atoms with Gasteiger partial charge in [-0.15, -0.1) is 5.10 Å². The number of ether oxygens (including phenoxy) is 1. The van der Waals surface area contributed by atoms with Crippen LogP contribution in [0.2, 0.25) is 0 Å². The van der Waals surface area contributed by atoms with Gasteiger partial charge in [-0.25, -0.2) is 0 Å². The molecule has 1 fully saturated rings. The number of nitrogens with one attached hydrogen (secondary N) is 1. The van der Waals surface area contributed by atoms with Gasteiger partial charge in [0.1, 0.15) is 0 Å². The van der Waals surface area contributed by atoms with E-state index in [9.17, 15) is 0 Å². The molecule has 1 N–H and O–H groups in total. The highest BCUT2D eigenvalue weighted by Gasteiger charge is 2.27. The van der Waals surface area contributed by atoms with Gasteiger partial charge in [-0.2, -0.15) is 0 Å². The summed E-state index contributed by atoms with van der Waals surface area (Å²) in [7, 11) is 2.00. The largest absolute Gasteiger partial charge is 0.381 e. The predicted molar refractivity (Wildman–Crippen MR) is 60.0 cm³/mol. The van der Waals surface area contributed by atoms with Crippen LogP contribution in [0.5, 0.6) is 0 Å². The molecule has 2 atom stereocenters. The summed E-state index contributed by atoms with van der Waals surface area (Å²) >= 11 is 1.50. The molecule has 2 heterocycles. The van der Waals surface area contributed by atoms with E-state index in [-0.39, 0.29) is 0 Å². The molecule has 2 unspecified atom stereocenters. The molecule has 84 valence electrons. The molecular weight excluding hydrogens is 210 g/mol. The number of hydrogen-bond donors (Lipinski definition) is 1. The molecule has 1 aliphatic rings. The maximum atomic E-state index is 5.53. The van der Waals surface area contributed by atoms with Gasteiger partial charge in [-0.3, -0.25) is 0 Å². The van der Waals surface area contributed by atoms with Gasteiger partial charge in [0, 0.05) is 18.6 Å². The van der Waals surface area contributed by atoms with E-state index < -0.39 is 0 Å². The highest BCUT2D eigenvalue weighted by atomic mass is 32.1. The lowest BCUT2D eigenvalue weighted by Gasteiger charge is -2.29. The van der Waals surface area contributed by atoms with Crippen molar-refractivity contribution in [1.82, 2.24) is 14.9 Å². The molecule has 15 heavy (non-hydrogen) atoms. The lowest BCUT2D eigenvalue weighted by atomic mass is 9.92.